The maximum atomic E-state index is 12.4. The zero-order valence-electron chi connectivity index (χ0n) is 16.8. The Kier molecular flexibility index (Phi) is 5.13. The van der Waals surface area contributed by atoms with Gasteiger partial charge in [-0.2, -0.15) is 0 Å². The molecule has 2 aromatic carbocycles. The summed E-state index contributed by atoms with van der Waals surface area (Å²) in [5.41, 5.74) is 2.69. The lowest BCUT2D eigenvalue weighted by atomic mass is 9.61. The molecule has 0 spiro atoms. The summed E-state index contributed by atoms with van der Waals surface area (Å²) in [4.78, 5) is 2.59. The maximum Gasteiger partial charge on any atom is 0.102 e. The topological polar surface area (TPSA) is 23.5 Å². The molecule has 2 nitrogen and oxygen atoms in total. The fraction of sp³-hybridized carbons (Fsp3) is 0.520. The maximum absolute atomic E-state index is 12.4. The van der Waals surface area contributed by atoms with Gasteiger partial charge < -0.3 is 10.0 Å². The third kappa shape index (κ3) is 3.03. The minimum Gasteiger partial charge on any atom is -0.384 e. The van der Waals surface area contributed by atoms with E-state index in [1.165, 1.54) is 36.1 Å². The average Bonchev–Trinajstić information content (AvgIpc) is 2.96. The molecule has 0 radical (unpaired) electrons. The van der Waals surface area contributed by atoms with E-state index in [1.807, 2.05) is 0 Å². The van der Waals surface area contributed by atoms with Gasteiger partial charge in [-0.05, 0) is 67.9 Å². The first kappa shape index (κ1) is 18.7. The summed E-state index contributed by atoms with van der Waals surface area (Å²) in [5, 5.41) is 12.4. The van der Waals surface area contributed by atoms with Gasteiger partial charge in [-0.3, -0.25) is 0 Å². The first-order valence-corrected chi connectivity index (χ1v) is 10.7. The monoisotopic (exact) mass is 363 g/mol. The summed E-state index contributed by atoms with van der Waals surface area (Å²) in [6.07, 6.45) is 5.61. The van der Waals surface area contributed by atoms with Crippen LogP contribution in [0, 0.1) is 5.92 Å². The molecule has 0 bridgehead atoms. The van der Waals surface area contributed by atoms with E-state index in [0.29, 0.717) is 5.92 Å². The fourth-order valence-electron chi connectivity index (χ4n) is 5.61. The number of likely N-dealkylation sites (tertiary alicyclic amines) is 1. The van der Waals surface area contributed by atoms with Crippen LogP contribution in [0.4, 0.5) is 0 Å². The van der Waals surface area contributed by atoms with Crippen LogP contribution in [0.25, 0.3) is 0 Å². The van der Waals surface area contributed by atoms with E-state index in [2.05, 4.69) is 73.3 Å². The van der Waals surface area contributed by atoms with Crippen LogP contribution < -0.4 is 0 Å². The van der Waals surface area contributed by atoms with E-state index in [-0.39, 0.29) is 5.41 Å². The largest absolute Gasteiger partial charge is 0.384 e. The Morgan fingerprint density at radius 2 is 1.67 bits per heavy atom. The van der Waals surface area contributed by atoms with Gasteiger partial charge in [0.2, 0.25) is 0 Å². The predicted octanol–water partition coefficient (Wildman–Crippen LogP) is 4.90. The summed E-state index contributed by atoms with van der Waals surface area (Å²) in [6.45, 7) is 7.97. The van der Waals surface area contributed by atoms with Crippen LogP contribution in [0.15, 0.2) is 54.6 Å². The molecule has 0 amide bonds. The number of benzene rings is 2. The lowest BCUT2D eigenvalue weighted by Crippen LogP contribution is -2.52. The molecule has 1 aliphatic carbocycles. The van der Waals surface area contributed by atoms with Crippen LogP contribution in [0.5, 0.6) is 0 Å². The molecule has 2 aromatic rings. The summed E-state index contributed by atoms with van der Waals surface area (Å²) < 4.78 is 0. The molecule has 27 heavy (non-hydrogen) atoms. The first-order valence-electron chi connectivity index (χ1n) is 10.7. The highest BCUT2D eigenvalue weighted by molar-refractivity contribution is 5.48. The van der Waals surface area contributed by atoms with Gasteiger partial charge in [-0.15, -0.1) is 0 Å². The molecule has 1 saturated heterocycles. The van der Waals surface area contributed by atoms with Crippen molar-refractivity contribution < 1.29 is 5.11 Å². The van der Waals surface area contributed by atoms with E-state index in [0.717, 1.165) is 32.4 Å². The van der Waals surface area contributed by atoms with Crippen LogP contribution >= 0.6 is 0 Å². The minimum atomic E-state index is -0.790. The van der Waals surface area contributed by atoms with Crippen molar-refractivity contribution in [1.82, 2.24) is 4.90 Å². The third-order valence-corrected chi connectivity index (χ3v) is 7.23. The van der Waals surface area contributed by atoms with E-state index < -0.39 is 5.60 Å². The molecule has 2 aliphatic rings. The standard InChI is InChI=1S/C25H33NO/c1-3-4-16-26-17-14-22(15-18-26)25(27)23-13-9-8-10-20(23)19-24(25,2)21-11-6-5-7-12-21/h5-13,22,27H,3-4,14-19H2,1-2H3/t24-,25+/m0/s1. The zero-order chi connectivity index (χ0) is 18.9. The normalized spacial score (nSPS) is 29.0. The van der Waals surface area contributed by atoms with Crippen molar-refractivity contribution in [3.8, 4) is 0 Å². The van der Waals surface area contributed by atoms with Gasteiger partial charge in [0.1, 0.15) is 5.60 Å². The zero-order valence-corrected chi connectivity index (χ0v) is 16.8. The summed E-state index contributed by atoms with van der Waals surface area (Å²) in [5.74, 6) is 0.309. The molecule has 1 fully saturated rings. The van der Waals surface area contributed by atoms with Crippen LogP contribution in [-0.2, 0) is 17.4 Å². The highest BCUT2D eigenvalue weighted by Gasteiger charge is 2.58. The Morgan fingerprint density at radius 1 is 1.00 bits per heavy atom. The van der Waals surface area contributed by atoms with Crippen molar-refractivity contribution in [3.05, 3.63) is 71.3 Å². The van der Waals surface area contributed by atoms with E-state index in [4.69, 9.17) is 0 Å². The number of fused-ring (bicyclic) bond motifs is 1. The van der Waals surface area contributed by atoms with Crippen LogP contribution in [0.1, 0.15) is 56.2 Å². The second-order valence-electron chi connectivity index (χ2n) is 8.77. The van der Waals surface area contributed by atoms with Gasteiger partial charge >= 0.3 is 0 Å². The van der Waals surface area contributed by atoms with Crippen molar-refractivity contribution in [3.63, 3.8) is 0 Å². The van der Waals surface area contributed by atoms with Crippen LogP contribution in [0.2, 0.25) is 0 Å². The summed E-state index contributed by atoms with van der Waals surface area (Å²) in [7, 11) is 0. The number of nitrogens with zero attached hydrogens (tertiary/aromatic N) is 1. The van der Waals surface area contributed by atoms with Gasteiger partial charge in [0.15, 0.2) is 0 Å². The lowest BCUT2D eigenvalue weighted by molar-refractivity contribution is -0.0964. The van der Waals surface area contributed by atoms with Gasteiger partial charge in [-0.25, -0.2) is 0 Å². The van der Waals surface area contributed by atoms with Crippen molar-refractivity contribution in [2.24, 2.45) is 5.92 Å². The van der Waals surface area contributed by atoms with Crippen LogP contribution in [-0.4, -0.2) is 29.6 Å². The van der Waals surface area contributed by atoms with E-state index >= 15 is 0 Å². The number of piperidine rings is 1. The quantitative estimate of drug-likeness (QED) is 0.817. The number of hydrogen-bond donors (Lipinski definition) is 1. The van der Waals surface area contributed by atoms with Gasteiger partial charge in [-0.1, -0.05) is 74.9 Å². The van der Waals surface area contributed by atoms with Crippen molar-refractivity contribution in [2.45, 2.75) is 57.0 Å². The smallest absolute Gasteiger partial charge is 0.102 e. The molecular weight excluding hydrogens is 330 g/mol. The summed E-state index contributed by atoms with van der Waals surface area (Å²) in [6, 6.07) is 19.3. The van der Waals surface area contributed by atoms with Crippen molar-refractivity contribution in [2.75, 3.05) is 19.6 Å². The number of rotatable bonds is 5. The number of unbranched alkanes of at least 4 members (excludes halogenated alkanes) is 1. The Morgan fingerprint density at radius 3 is 2.37 bits per heavy atom. The Hall–Kier alpha value is -1.64. The molecule has 1 heterocycles. The molecule has 0 unspecified atom stereocenters. The SMILES string of the molecule is CCCCN1CCC([C@@]2(O)c3ccccc3C[C@@]2(C)c2ccccc2)CC1. The molecule has 1 aliphatic heterocycles. The Balaban J connectivity index is 1.69. The highest BCUT2D eigenvalue weighted by atomic mass is 16.3. The Labute approximate surface area is 164 Å². The molecular formula is C25H33NO. The van der Waals surface area contributed by atoms with Crippen molar-refractivity contribution >= 4 is 0 Å². The van der Waals surface area contributed by atoms with E-state index in [9.17, 15) is 5.11 Å². The van der Waals surface area contributed by atoms with Crippen molar-refractivity contribution in [1.29, 1.82) is 0 Å². The Bertz CT molecular complexity index is 765. The predicted molar refractivity (Wildman–Crippen MR) is 112 cm³/mol. The molecule has 0 aromatic heterocycles. The van der Waals surface area contributed by atoms with E-state index in [1.54, 1.807) is 0 Å². The summed E-state index contributed by atoms with van der Waals surface area (Å²) >= 11 is 0. The highest BCUT2D eigenvalue weighted by Crippen LogP contribution is 2.57. The lowest BCUT2D eigenvalue weighted by Gasteiger charge is -2.48. The molecule has 1 N–H and O–H groups in total. The average molecular weight is 364 g/mol. The van der Waals surface area contributed by atoms with Gasteiger partial charge in [0, 0.05) is 5.41 Å². The molecule has 2 heteroatoms. The third-order valence-electron chi connectivity index (χ3n) is 7.23. The number of aliphatic hydroxyl groups is 1. The molecule has 0 saturated carbocycles. The molecule has 2 atom stereocenters. The van der Waals surface area contributed by atoms with Gasteiger partial charge in [0.05, 0.1) is 0 Å². The first-order chi connectivity index (χ1) is 13.1. The minimum absolute atomic E-state index is 0.270. The molecule has 144 valence electrons. The number of hydrogen-bond acceptors (Lipinski definition) is 2. The second kappa shape index (κ2) is 7.41. The molecule has 4 rings (SSSR count). The fourth-order valence-corrected chi connectivity index (χ4v) is 5.61. The van der Waals surface area contributed by atoms with Crippen LogP contribution in [0.3, 0.4) is 0 Å². The second-order valence-corrected chi connectivity index (χ2v) is 8.77. The van der Waals surface area contributed by atoms with Gasteiger partial charge in [0.25, 0.3) is 0 Å².